The van der Waals surface area contributed by atoms with Crippen LogP contribution < -0.4 is 5.32 Å². The molecule has 1 saturated carbocycles. The van der Waals surface area contributed by atoms with Crippen molar-refractivity contribution in [3.63, 3.8) is 0 Å². The third-order valence-electron chi connectivity index (χ3n) is 3.36. The second-order valence-electron chi connectivity index (χ2n) is 4.86. The molecule has 0 radical (unpaired) electrons. The molecule has 98 valence electrons. The van der Waals surface area contributed by atoms with E-state index in [0.29, 0.717) is 28.1 Å². The van der Waals surface area contributed by atoms with E-state index in [2.05, 4.69) is 5.32 Å². The Morgan fingerprint density at radius 2 is 2.17 bits per heavy atom. The predicted octanol–water partition coefficient (Wildman–Crippen LogP) is 3.29. The zero-order valence-electron chi connectivity index (χ0n) is 10.0. The number of hydrogen-bond donors (Lipinski definition) is 2. The van der Waals surface area contributed by atoms with Gasteiger partial charge in [0, 0.05) is 5.56 Å². The van der Waals surface area contributed by atoms with Crippen LogP contribution in [0.4, 0.5) is 0 Å². The van der Waals surface area contributed by atoms with E-state index in [-0.39, 0.29) is 0 Å². The summed E-state index contributed by atoms with van der Waals surface area (Å²) in [6.07, 6.45) is 2.32. The van der Waals surface area contributed by atoms with Crippen LogP contribution in [0.25, 0.3) is 0 Å². The number of carbonyl (C=O) groups is 1. The summed E-state index contributed by atoms with van der Waals surface area (Å²) in [5.41, 5.74) is -0.699. The Morgan fingerprint density at radius 1 is 1.50 bits per heavy atom. The summed E-state index contributed by atoms with van der Waals surface area (Å²) in [5.74, 6) is -0.367. The summed E-state index contributed by atoms with van der Waals surface area (Å²) in [5, 5.41) is 13.2. The molecule has 0 spiro atoms. The van der Waals surface area contributed by atoms with Gasteiger partial charge in [-0.3, -0.25) is 5.32 Å². The first-order valence-corrected chi connectivity index (χ1v) is 6.63. The Labute approximate surface area is 116 Å². The number of halogens is 2. The van der Waals surface area contributed by atoms with E-state index >= 15 is 0 Å². The number of aliphatic carboxylic acids is 1. The van der Waals surface area contributed by atoms with Crippen LogP contribution in [0.15, 0.2) is 18.2 Å². The molecule has 1 atom stereocenters. The van der Waals surface area contributed by atoms with E-state index in [1.165, 1.54) is 0 Å². The molecule has 0 amide bonds. The first kappa shape index (κ1) is 13.7. The lowest BCUT2D eigenvalue weighted by atomic mass is 9.91. The lowest BCUT2D eigenvalue weighted by Gasteiger charge is -2.28. The van der Waals surface area contributed by atoms with E-state index in [1.54, 1.807) is 25.1 Å². The van der Waals surface area contributed by atoms with Crippen molar-refractivity contribution in [3.8, 4) is 0 Å². The number of benzene rings is 1. The summed E-state index contributed by atoms with van der Waals surface area (Å²) >= 11 is 12.1. The molecule has 0 aliphatic heterocycles. The quantitative estimate of drug-likeness (QED) is 0.874. The van der Waals surface area contributed by atoms with E-state index < -0.39 is 11.5 Å². The second-order valence-corrected chi connectivity index (χ2v) is 5.64. The van der Waals surface area contributed by atoms with Crippen LogP contribution >= 0.6 is 23.2 Å². The summed E-state index contributed by atoms with van der Waals surface area (Å²) in [6, 6.07) is 5.06. The fourth-order valence-corrected chi connectivity index (χ4v) is 2.34. The topological polar surface area (TPSA) is 49.3 Å². The van der Waals surface area contributed by atoms with Crippen molar-refractivity contribution in [2.24, 2.45) is 5.92 Å². The largest absolute Gasteiger partial charge is 0.480 e. The molecule has 1 aromatic carbocycles. The molecule has 18 heavy (non-hydrogen) atoms. The minimum atomic E-state index is -1.20. The molecule has 5 heteroatoms. The zero-order valence-corrected chi connectivity index (χ0v) is 11.6. The molecule has 1 unspecified atom stereocenters. The maximum Gasteiger partial charge on any atom is 0.328 e. The fourth-order valence-electron chi connectivity index (χ4n) is 1.85. The van der Waals surface area contributed by atoms with Gasteiger partial charge in [0.25, 0.3) is 0 Å². The van der Waals surface area contributed by atoms with Gasteiger partial charge in [-0.05, 0) is 38.3 Å². The molecule has 1 aromatic rings. The Kier molecular flexibility index (Phi) is 3.85. The Morgan fingerprint density at radius 3 is 2.72 bits per heavy atom. The number of carboxylic acid groups (broad SMARTS) is 1. The van der Waals surface area contributed by atoms with Gasteiger partial charge in [-0.2, -0.15) is 0 Å². The molecule has 1 fully saturated rings. The van der Waals surface area contributed by atoms with Crippen molar-refractivity contribution in [3.05, 3.63) is 33.8 Å². The minimum absolute atomic E-state index is 0.298. The fraction of sp³-hybridized carbons (Fsp3) is 0.462. The van der Waals surface area contributed by atoms with Crippen LogP contribution in [0.5, 0.6) is 0 Å². The van der Waals surface area contributed by atoms with Crippen molar-refractivity contribution < 1.29 is 9.90 Å². The first-order valence-electron chi connectivity index (χ1n) is 5.88. The van der Waals surface area contributed by atoms with Gasteiger partial charge in [0.2, 0.25) is 0 Å². The van der Waals surface area contributed by atoms with E-state index in [0.717, 1.165) is 12.8 Å². The van der Waals surface area contributed by atoms with E-state index in [4.69, 9.17) is 23.2 Å². The molecule has 3 nitrogen and oxygen atoms in total. The normalized spacial score (nSPS) is 18.4. The molecule has 0 saturated heterocycles. The van der Waals surface area contributed by atoms with Gasteiger partial charge in [-0.15, -0.1) is 0 Å². The molecule has 0 bridgehead atoms. The number of carboxylic acids is 1. The van der Waals surface area contributed by atoms with Crippen LogP contribution in [0.3, 0.4) is 0 Å². The molecule has 1 aliphatic carbocycles. The molecule has 1 aliphatic rings. The molecular formula is C13H15Cl2NO2. The molecular weight excluding hydrogens is 273 g/mol. The maximum absolute atomic E-state index is 11.6. The van der Waals surface area contributed by atoms with Gasteiger partial charge in [-0.1, -0.05) is 35.3 Å². The van der Waals surface area contributed by atoms with Crippen LogP contribution in [0.2, 0.25) is 10.0 Å². The maximum atomic E-state index is 11.6. The number of rotatable bonds is 5. The van der Waals surface area contributed by atoms with Gasteiger partial charge in [0.05, 0.1) is 10.0 Å². The smallest absolute Gasteiger partial charge is 0.328 e. The van der Waals surface area contributed by atoms with Crippen LogP contribution in [0.1, 0.15) is 25.3 Å². The highest BCUT2D eigenvalue weighted by molar-refractivity contribution is 6.42. The zero-order chi connectivity index (χ0) is 13.3. The minimum Gasteiger partial charge on any atom is -0.480 e. The highest BCUT2D eigenvalue weighted by atomic mass is 35.5. The first-order chi connectivity index (χ1) is 8.45. The van der Waals surface area contributed by atoms with E-state index in [9.17, 15) is 9.90 Å². The van der Waals surface area contributed by atoms with Crippen molar-refractivity contribution in [1.82, 2.24) is 5.32 Å². The third kappa shape index (κ3) is 2.63. The summed E-state index contributed by atoms with van der Waals surface area (Å²) in [7, 11) is 0. The SMILES string of the molecule is CC(NCC1CC1)(C(=O)O)c1cccc(Cl)c1Cl. The number of nitrogens with one attached hydrogen (secondary N) is 1. The van der Waals surface area contributed by atoms with Crippen LogP contribution in [0, 0.1) is 5.92 Å². The van der Waals surface area contributed by atoms with Gasteiger partial charge in [0.15, 0.2) is 0 Å². The Hall–Kier alpha value is -0.770. The molecule has 0 aromatic heterocycles. The standard InChI is InChI=1S/C13H15Cl2NO2/c1-13(12(17)18,16-7-8-5-6-8)9-3-2-4-10(14)11(9)15/h2-4,8,16H,5-7H2,1H3,(H,17,18). The average Bonchev–Trinajstić information content (AvgIpc) is 3.13. The van der Waals surface area contributed by atoms with Crippen molar-refractivity contribution in [2.45, 2.75) is 25.3 Å². The molecule has 2 N–H and O–H groups in total. The Bertz CT molecular complexity index is 474. The monoisotopic (exact) mass is 287 g/mol. The van der Waals surface area contributed by atoms with Crippen molar-refractivity contribution in [1.29, 1.82) is 0 Å². The lowest BCUT2D eigenvalue weighted by Crippen LogP contribution is -2.47. The van der Waals surface area contributed by atoms with E-state index in [1.807, 2.05) is 0 Å². The van der Waals surface area contributed by atoms with Gasteiger partial charge in [0.1, 0.15) is 5.54 Å². The highest BCUT2D eigenvalue weighted by Gasteiger charge is 2.38. The lowest BCUT2D eigenvalue weighted by molar-refractivity contribution is -0.144. The summed E-state index contributed by atoms with van der Waals surface area (Å²) in [6.45, 7) is 2.31. The Balaban J connectivity index is 2.32. The van der Waals surface area contributed by atoms with Crippen LogP contribution in [-0.4, -0.2) is 17.6 Å². The average molecular weight is 288 g/mol. The third-order valence-corrected chi connectivity index (χ3v) is 4.18. The van der Waals surface area contributed by atoms with Crippen molar-refractivity contribution >= 4 is 29.2 Å². The van der Waals surface area contributed by atoms with Gasteiger partial charge < -0.3 is 5.11 Å². The van der Waals surface area contributed by atoms with Gasteiger partial charge in [-0.25, -0.2) is 4.79 Å². The van der Waals surface area contributed by atoms with Crippen LogP contribution in [-0.2, 0) is 10.3 Å². The van der Waals surface area contributed by atoms with Gasteiger partial charge >= 0.3 is 5.97 Å². The van der Waals surface area contributed by atoms with Crippen molar-refractivity contribution in [2.75, 3.05) is 6.54 Å². The summed E-state index contributed by atoms with van der Waals surface area (Å²) in [4.78, 5) is 11.6. The summed E-state index contributed by atoms with van der Waals surface area (Å²) < 4.78 is 0. The number of hydrogen-bond acceptors (Lipinski definition) is 2. The molecule has 2 rings (SSSR count). The molecule has 0 heterocycles. The highest BCUT2D eigenvalue weighted by Crippen LogP contribution is 2.35. The predicted molar refractivity (Wildman–Crippen MR) is 72.2 cm³/mol. The second kappa shape index (κ2) is 5.08.